The van der Waals surface area contributed by atoms with Gasteiger partial charge < -0.3 is 20.4 Å². The summed E-state index contributed by atoms with van der Waals surface area (Å²) in [5, 5.41) is 38.5. The monoisotopic (exact) mass is 317 g/mol. The maximum atomic E-state index is 12.5. The number of carboxylic acids is 1. The lowest BCUT2D eigenvalue weighted by Crippen LogP contribution is -2.37. The molecule has 0 fully saturated rings. The van der Waals surface area contributed by atoms with Crippen LogP contribution in [0.4, 0.5) is 11.4 Å². The minimum atomic E-state index is -1.83. The molecule has 0 saturated carbocycles. The van der Waals surface area contributed by atoms with Crippen molar-refractivity contribution in [2.45, 2.75) is 12.5 Å². The second-order valence-corrected chi connectivity index (χ2v) is 4.76. The molecule has 0 spiro atoms. The van der Waals surface area contributed by atoms with Gasteiger partial charge in [0.25, 0.3) is 5.91 Å². The first-order valence-electron chi connectivity index (χ1n) is 6.71. The molecule has 2 aromatic carbocycles. The molecule has 0 aliphatic heterocycles. The Hall–Kier alpha value is -3.06. The lowest BCUT2D eigenvalue weighted by atomic mass is 10.1. The zero-order valence-electron chi connectivity index (χ0n) is 12.0. The molecule has 0 bridgehead atoms. The summed E-state index contributed by atoms with van der Waals surface area (Å²) in [6.45, 7) is 0. The molecule has 1 unspecified atom stereocenters. The van der Waals surface area contributed by atoms with Crippen molar-refractivity contribution in [2.75, 3.05) is 4.90 Å². The molecule has 23 heavy (non-hydrogen) atoms. The van der Waals surface area contributed by atoms with Crippen LogP contribution in [0.1, 0.15) is 6.42 Å². The summed E-state index contributed by atoms with van der Waals surface area (Å²) in [4.78, 5) is 24.1. The smallest absolute Gasteiger partial charge is 0.306 e. The van der Waals surface area contributed by atoms with Crippen LogP contribution in [0.2, 0.25) is 0 Å². The standard InChI is InChI=1S/C16H15NO6/c18-12-7-3-1-5-10(12)17(11-6-2-4-8-13(11)19)16(23)14(20)9-15(21)22/h1-8,14,18-20H,9H2,(H,21,22). The van der Waals surface area contributed by atoms with Crippen LogP contribution in [0, 0.1) is 0 Å². The summed E-state index contributed by atoms with van der Waals surface area (Å²) in [6.07, 6.45) is -2.62. The molecule has 2 aromatic rings. The van der Waals surface area contributed by atoms with E-state index in [1.54, 1.807) is 24.3 Å². The summed E-state index contributed by atoms with van der Waals surface area (Å²) in [6, 6.07) is 11.7. The van der Waals surface area contributed by atoms with Crippen molar-refractivity contribution in [3.63, 3.8) is 0 Å². The number of phenols is 2. The van der Waals surface area contributed by atoms with Gasteiger partial charge in [-0.25, -0.2) is 0 Å². The Labute approximate surface area is 131 Å². The van der Waals surface area contributed by atoms with E-state index in [4.69, 9.17) is 5.11 Å². The number of para-hydroxylation sites is 4. The van der Waals surface area contributed by atoms with Crippen LogP contribution in [0.3, 0.4) is 0 Å². The van der Waals surface area contributed by atoms with Gasteiger partial charge in [-0.05, 0) is 24.3 Å². The Bertz CT molecular complexity index is 685. The number of carboxylic acid groups (broad SMARTS) is 1. The summed E-state index contributed by atoms with van der Waals surface area (Å²) >= 11 is 0. The molecule has 1 atom stereocenters. The zero-order chi connectivity index (χ0) is 17.0. The highest BCUT2D eigenvalue weighted by molar-refractivity contribution is 6.06. The van der Waals surface area contributed by atoms with Crippen molar-refractivity contribution < 1.29 is 30.0 Å². The summed E-state index contributed by atoms with van der Waals surface area (Å²) in [5.74, 6) is -2.84. The highest BCUT2D eigenvalue weighted by atomic mass is 16.4. The fraction of sp³-hybridized carbons (Fsp3) is 0.125. The molecule has 0 aliphatic carbocycles. The number of amides is 1. The number of aliphatic carboxylic acids is 1. The van der Waals surface area contributed by atoms with Crippen molar-refractivity contribution in [1.29, 1.82) is 0 Å². The van der Waals surface area contributed by atoms with Crippen molar-refractivity contribution >= 4 is 23.3 Å². The lowest BCUT2D eigenvalue weighted by molar-refractivity contribution is -0.142. The number of hydrogen-bond acceptors (Lipinski definition) is 5. The minimum Gasteiger partial charge on any atom is -0.506 e. The maximum absolute atomic E-state index is 12.5. The first-order valence-corrected chi connectivity index (χ1v) is 6.71. The molecule has 0 heterocycles. The topological polar surface area (TPSA) is 118 Å². The third-order valence-corrected chi connectivity index (χ3v) is 3.12. The predicted octanol–water partition coefficient (Wildman–Crippen LogP) is 1.60. The molecule has 1 amide bonds. The summed E-state index contributed by atoms with van der Waals surface area (Å²) in [7, 11) is 0. The molecule has 120 valence electrons. The van der Waals surface area contributed by atoms with E-state index in [2.05, 4.69) is 0 Å². The van der Waals surface area contributed by atoms with Gasteiger partial charge in [0, 0.05) is 0 Å². The van der Waals surface area contributed by atoms with E-state index in [-0.39, 0.29) is 22.9 Å². The number of aromatic hydroxyl groups is 2. The molecule has 0 aliphatic rings. The largest absolute Gasteiger partial charge is 0.506 e. The number of nitrogens with zero attached hydrogens (tertiary/aromatic N) is 1. The predicted molar refractivity (Wildman–Crippen MR) is 81.6 cm³/mol. The molecule has 0 radical (unpaired) electrons. The van der Waals surface area contributed by atoms with E-state index >= 15 is 0 Å². The van der Waals surface area contributed by atoms with E-state index in [0.29, 0.717) is 0 Å². The number of aliphatic hydroxyl groups excluding tert-OH is 1. The third kappa shape index (κ3) is 3.58. The van der Waals surface area contributed by atoms with Crippen LogP contribution in [-0.2, 0) is 9.59 Å². The second-order valence-electron chi connectivity index (χ2n) is 4.76. The zero-order valence-corrected chi connectivity index (χ0v) is 12.0. The van der Waals surface area contributed by atoms with E-state index < -0.39 is 24.4 Å². The number of hydrogen-bond donors (Lipinski definition) is 4. The molecular formula is C16H15NO6. The number of phenolic OH excluding ortho intramolecular Hbond substituents is 2. The van der Waals surface area contributed by atoms with Gasteiger partial charge in [0.1, 0.15) is 17.6 Å². The summed E-state index contributed by atoms with van der Waals surface area (Å²) in [5.41, 5.74) is 0.0341. The van der Waals surface area contributed by atoms with Crippen molar-refractivity contribution in [3.05, 3.63) is 48.5 Å². The Morgan fingerprint density at radius 3 is 1.74 bits per heavy atom. The van der Waals surface area contributed by atoms with Crippen LogP contribution in [0.15, 0.2) is 48.5 Å². The average molecular weight is 317 g/mol. The van der Waals surface area contributed by atoms with Crippen LogP contribution < -0.4 is 4.90 Å². The van der Waals surface area contributed by atoms with Gasteiger partial charge in [-0.1, -0.05) is 24.3 Å². The Morgan fingerprint density at radius 2 is 1.35 bits per heavy atom. The third-order valence-electron chi connectivity index (χ3n) is 3.12. The van der Waals surface area contributed by atoms with Gasteiger partial charge >= 0.3 is 5.97 Å². The normalized spacial score (nSPS) is 11.7. The number of carbonyl (C=O) groups is 2. The van der Waals surface area contributed by atoms with Gasteiger partial charge in [0.05, 0.1) is 17.8 Å². The lowest BCUT2D eigenvalue weighted by Gasteiger charge is -2.26. The Kier molecular flexibility index (Phi) is 4.82. The molecular weight excluding hydrogens is 302 g/mol. The Balaban J connectivity index is 2.53. The first-order chi connectivity index (χ1) is 10.9. The quantitative estimate of drug-likeness (QED) is 0.665. The van der Waals surface area contributed by atoms with Gasteiger partial charge in [-0.2, -0.15) is 0 Å². The SMILES string of the molecule is O=C(O)CC(O)C(=O)N(c1ccccc1O)c1ccccc1O. The molecule has 2 rings (SSSR count). The van der Waals surface area contributed by atoms with Crippen LogP contribution in [0.5, 0.6) is 11.5 Å². The van der Waals surface area contributed by atoms with Crippen LogP contribution >= 0.6 is 0 Å². The van der Waals surface area contributed by atoms with Crippen molar-refractivity contribution in [2.24, 2.45) is 0 Å². The maximum Gasteiger partial charge on any atom is 0.306 e. The van der Waals surface area contributed by atoms with Crippen molar-refractivity contribution in [1.82, 2.24) is 0 Å². The Morgan fingerprint density at radius 1 is 0.913 bits per heavy atom. The molecule has 7 nitrogen and oxygen atoms in total. The van der Waals surface area contributed by atoms with Crippen LogP contribution in [0.25, 0.3) is 0 Å². The van der Waals surface area contributed by atoms with E-state index in [1.807, 2.05) is 0 Å². The number of anilines is 2. The molecule has 0 saturated heterocycles. The highest BCUT2D eigenvalue weighted by Gasteiger charge is 2.29. The molecule has 7 heteroatoms. The second kappa shape index (κ2) is 6.80. The van der Waals surface area contributed by atoms with Crippen molar-refractivity contribution in [3.8, 4) is 11.5 Å². The number of carbonyl (C=O) groups excluding carboxylic acids is 1. The van der Waals surface area contributed by atoms with Gasteiger partial charge in [-0.15, -0.1) is 0 Å². The number of benzene rings is 2. The summed E-state index contributed by atoms with van der Waals surface area (Å²) < 4.78 is 0. The highest BCUT2D eigenvalue weighted by Crippen LogP contribution is 2.37. The van der Waals surface area contributed by atoms with Crippen LogP contribution in [-0.4, -0.2) is 38.4 Å². The fourth-order valence-electron chi connectivity index (χ4n) is 2.08. The molecule has 0 aromatic heterocycles. The average Bonchev–Trinajstić information content (AvgIpc) is 2.50. The van der Waals surface area contributed by atoms with Gasteiger partial charge in [-0.3, -0.25) is 14.5 Å². The molecule has 4 N–H and O–H groups in total. The fourth-order valence-corrected chi connectivity index (χ4v) is 2.08. The van der Waals surface area contributed by atoms with E-state index in [9.17, 15) is 24.9 Å². The van der Waals surface area contributed by atoms with E-state index in [1.165, 1.54) is 24.3 Å². The number of rotatable bonds is 5. The van der Waals surface area contributed by atoms with E-state index in [0.717, 1.165) is 4.90 Å². The van der Waals surface area contributed by atoms with Gasteiger partial charge in [0.15, 0.2) is 0 Å². The van der Waals surface area contributed by atoms with Gasteiger partial charge in [0.2, 0.25) is 0 Å². The number of aliphatic hydroxyl groups is 1. The minimum absolute atomic E-state index is 0.0171. The first kappa shape index (κ1) is 16.3.